The van der Waals surface area contributed by atoms with Crippen LogP contribution in [-0.4, -0.2) is 5.78 Å². The maximum absolute atomic E-state index is 11.6. The van der Waals surface area contributed by atoms with E-state index in [4.69, 9.17) is 10.2 Å². The van der Waals surface area contributed by atoms with Gasteiger partial charge in [0.15, 0.2) is 5.78 Å². The summed E-state index contributed by atoms with van der Waals surface area (Å²) in [6, 6.07) is 5.25. The quantitative estimate of drug-likeness (QED) is 0.786. The highest BCUT2D eigenvalue weighted by atomic mass is 32.1. The Bertz CT molecular complexity index is 431. The van der Waals surface area contributed by atoms with Crippen LogP contribution in [0, 0.1) is 0 Å². The van der Waals surface area contributed by atoms with Gasteiger partial charge in [-0.15, -0.1) is 11.3 Å². The van der Waals surface area contributed by atoms with E-state index in [0.717, 1.165) is 0 Å². The number of nitrogen functional groups attached to an aromatic ring is 1. The lowest BCUT2D eigenvalue weighted by molar-refractivity contribution is 0.0991. The highest BCUT2D eigenvalue weighted by molar-refractivity contribution is 7.12. The zero-order valence-corrected chi connectivity index (χ0v) is 8.21. The maximum Gasteiger partial charge on any atom is 0.180 e. The number of thiophene rings is 1. The smallest absolute Gasteiger partial charge is 0.180 e. The number of carbonyl (C=O) groups excluding carboxylic acids is 1. The second-order valence-electron chi connectivity index (χ2n) is 2.92. The standard InChI is InChI=1S/C10H9NO2S/c11-7-4-10(14-6-7)9(12)5-8-2-1-3-13-8/h1-4,6H,5,11H2. The van der Waals surface area contributed by atoms with Crippen molar-refractivity contribution in [2.24, 2.45) is 0 Å². The summed E-state index contributed by atoms with van der Waals surface area (Å²) in [6.45, 7) is 0. The van der Waals surface area contributed by atoms with Crippen molar-refractivity contribution in [3.8, 4) is 0 Å². The molecule has 2 aromatic heterocycles. The molecule has 0 aliphatic carbocycles. The predicted molar refractivity (Wildman–Crippen MR) is 55.5 cm³/mol. The van der Waals surface area contributed by atoms with Crippen LogP contribution >= 0.6 is 11.3 Å². The number of hydrogen-bond acceptors (Lipinski definition) is 4. The Labute approximate surface area is 85.2 Å². The summed E-state index contributed by atoms with van der Waals surface area (Å²) in [5.41, 5.74) is 6.16. The highest BCUT2D eigenvalue weighted by Gasteiger charge is 2.10. The van der Waals surface area contributed by atoms with Crippen LogP contribution < -0.4 is 5.73 Å². The van der Waals surface area contributed by atoms with Gasteiger partial charge in [-0.2, -0.15) is 0 Å². The summed E-state index contributed by atoms with van der Waals surface area (Å²) in [4.78, 5) is 12.3. The van der Waals surface area contributed by atoms with E-state index in [0.29, 0.717) is 22.7 Å². The van der Waals surface area contributed by atoms with Gasteiger partial charge in [0.1, 0.15) is 5.76 Å². The van der Waals surface area contributed by atoms with Gasteiger partial charge in [-0.05, 0) is 18.2 Å². The lowest BCUT2D eigenvalue weighted by Gasteiger charge is -1.93. The number of nitrogens with two attached hydrogens (primary N) is 1. The normalized spacial score (nSPS) is 10.3. The summed E-state index contributed by atoms with van der Waals surface area (Å²) < 4.78 is 5.08. The minimum Gasteiger partial charge on any atom is -0.469 e. The average molecular weight is 207 g/mol. The van der Waals surface area contributed by atoms with Gasteiger partial charge in [-0.3, -0.25) is 4.79 Å². The van der Waals surface area contributed by atoms with Gasteiger partial charge < -0.3 is 10.2 Å². The molecule has 0 saturated heterocycles. The molecule has 14 heavy (non-hydrogen) atoms. The molecule has 0 aromatic carbocycles. The molecule has 2 N–H and O–H groups in total. The minimum absolute atomic E-state index is 0.0432. The van der Waals surface area contributed by atoms with Crippen molar-refractivity contribution in [1.29, 1.82) is 0 Å². The summed E-state index contributed by atoms with van der Waals surface area (Å²) >= 11 is 1.36. The molecule has 0 bridgehead atoms. The SMILES string of the molecule is Nc1csc(C(=O)Cc2ccco2)c1. The first kappa shape index (κ1) is 9.02. The molecular formula is C10H9NO2S. The van der Waals surface area contributed by atoms with E-state index in [1.807, 2.05) is 0 Å². The molecule has 2 aromatic rings. The van der Waals surface area contributed by atoms with E-state index in [1.165, 1.54) is 11.3 Å². The summed E-state index contributed by atoms with van der Waals surface area (Å²) in [5, 5.41) is 1.76. The summed E-state index contributed by atoms with van der Waals surface area (Å²) in [6.07, 6.45) is 1.86. The maximum atomic E-state index is 11.6. The van der Waals surface area contributed by atoms with Crippen LogP contribution in [0.2, 0.25) is 0 Å². The number of rotatable bonds is 3. The molecule has 0 amide bonds. The molecule has 2 heterocycles. The van der Waals surface area contributed by atoms with Crippen LogP contribution in [0.4, 0.5) is 5.69 Å². The number of ketones is 1. The summed E-state index contributed by atoms with van der Waals surface area (Å²) in [5.74, 6) is 0.726. The summed E-state index contributed by atoms with van der Waals surface area (Å²) in [7, 11) is 0. The molecule has 72 valence electrons. The van der Waals surface area contributed by atoms with Crippen molar-refractivity contribution in [3.63, 3.8) is 0 Å². The van der Waals surface area contributed by atoms with E-state index in [-0.39, 0.29) is 5.78 Å². The Morgan fingerprint density at radius 3 is 3.00 bits per heavy atom. The van der Waals surface area contributed by atoms with Gasteiger partial charge in [-0.1, -0.05) is 0 Å². The third-order valence-electron chi connectivity index (χ3n) is 1.81. The average Bonchev–Trinajstić information content (AvgIpc) is 2.75. The van der Waals surface area contributed by atoms with E-state index in [2.05, 4.69) is 0 Å². The first-order valence-electron chi connectivity index (χ1n) is 4.15. The first-order chi connectivity index (χ1) is 6.75. The van der Waals surface area contributed by atoms with E-state index in [9.17, 15) is 4.79 Å². The molecule has 0 atom stereocenters. The van der Waals surface area contributed by atoms with Crippen LogP contribution in [-0.2, 0) is 6.42 Å². The Morgan fingerprint density at radius 2 is 2.43 bits per heavy atom. The number of hydrogen-bond donors (Lipinski definition) is 1. The molecule has 0 unspecified atom stereocenters. The minimum atomic E-state index is 0.0432. The molecule has 0 radical (unpaired) electrons. The third kappa shape index (κ3) is 1.85. The number of Topliss-reactive ketones (excluding diaryl/α,β-unsaturated/α-hetero) is 1. The topological polar surface area (TPSA) is 56.2 Å². The van der Waals surface area contributed by atoms with Gasteiger partial charge in [0.2, 0.25) is 0 Å². The van der Waals surface area contributed by atoms with Crippen LogP contribution in [0.25, 0.3) is 0 Å². The molecule has 2 rings (SSSR count). The van der Waals surface area contributed by atoms with Gasteiger partial charge in [0, 0.05) is 11.1 Å². The zero-order chi connectivity index (χ0) is 9.97. The van der Waals surface area contributed by atoms with Gasteiger partial charge in [0.05, 0.1) is 17.6 Å². The van der Waals surface area contributed by atoms with Crippen molar-refractivity contribution in [2.45, 2.75) is 6.42 Å². The monoisotopic (exact) mass is 207 g/mol. The predicted octanol–water partition coefficient (Wildman–Crippen LogP) is 2.35. The first-order valence-corrected chi connectivity index (χ1v) is 5.03. The lowest BCUT2D eigenvalue weighted by Crippen LogP contribution is -1.99. The Balaban J connectivity index is 2.10. The van der Waals surface area contributed by atoms with Crippen molar-refractivity contribution >= 4 is 22.8 Å². The van der Waals surface area contributed by atoms with Crippen molar-refractivity contribution in [2.75, 3.05) is 5.73 Å². The highest BCUT2D eigenvalue weighted by Crippen LogP contribution is 2.18. The Morgan fingerprint density at radius 1 is 1.57 bits per heavy atom. The fourth-order valence-corrected chi connectivity index (χ4v) is 1.89. The van der Waals surface area contributed by atoms with Crippen LogP contribution in [0.1, 0.15) is 15.4 Å². The molecule has 4 heteroatoms. The Kier molecular flexibility index (Phi) is 2.37. The van der Waals surface area contributed by atoms with Crippen molar-refractivity contribution in [1.82, 2.24) is 0 Å². The van der Waals surface area contributed by atoms with Crippen LogP contribution in [0.15, 0.2) is 34.3 Å². The second-order valence-corrected chi connectivity index (χ2v) is 3.83. The van der Waals surface area contributed by atoms with E-state index < -0.39 is 0 Å². The molecule has 0 saturated carbocycles. The van der Waals surface area contributed by atoms with E-state index >= 15 is 0 Å². The number of carbonyl (C=O) groups is 1. The number of furan rings is 1. The second kappa shape index (κ2) is 3.67. The van der Waals surface area contributed by atoms with Crippen LogP contribution in [0.5, 0.6) is 0 Å². The van der Waals surface area contributed by atoms with Gasteiger partial charge in [0.25, 0.3) is 0 Å². The Hall–Kier alpha value is -1.55. The molecule has 0 aliphatic rings. The largest absolute Gasteiger partial charge is 0.469 e. The van der Waals surface area contributed by atoms with Crippen molar-refractivity contribution < 1.29 is 9.21 Å². The molecular weight excluding hydrogens is 198 g/mol. The number of anilines is 1. The van der Waals surface area contributed by atoms with Crippen LogP contribution in [0.3, 0.4) is 0 Å². The van der Waals surface area contributed by atoms with Crippen molar-refractivity contribution in [3.05, 3.63) is 40.5 Å². The third-order valence-corrected chi connectivity index (χ3v) is 2.80. The molecule has 3 nitrogen and oxygen atoms in total. The van der Waals surface area contributed by atoms with E-state index in [1.54, 1.807) is 29.8 Å². The molecule has 0 fully saturated rings. The van der Waals surface area contributed by atoms with Gasteiger partial charge >= 0.3 is 0 Å². The van der Waals surface area contributed by atoms with Gasteiger partial charge in [-0.25, -0.2) is 0 Å². The lowest BCUT2D eigenvalue weighted by atomic mass is 10.2. The molecule has 0 spiro atoms. The fourth-order valence-electron chi connectivity index (χ4n) is 1.16. The zero-order valence-electron chi connectivity index (χ0n) is 7.40. The fraction of sp³-hybridized carbons (Fsp3) is 0.100. The molecule has 0 aliphatic heterocycles.